The summed E-state index contributed by atoms with van der Waals surface area (Å²) in [4.78, 5) is 16.2. The zero-order valence-electron chi connectivity index (χ0n) is 15.0. The molecule has 2 rings (SSSR count). The number of fused-ring (bicyclic) bond motifs is 1. The van der Waals surface area contributed by atoms with Gasteiger partial charge in [-0.2, -0.15) is 0 Å². The first-order chi connectivity index (χ1) is 10.7. The fourth-order valence-corrected chi connectivity index (χ4v) is 2.36. The predicted octanol–water partition coefficient (Wildman–Crippen LogP) is 3.66. The van der Waals surface area contributed by atoms with Gasteiger partial charge in [0, 0.05) is 30.4 Å². The first-order valence-corrected chi connectivity index (χ1v) is 8.14. The minimum atomic E-state index is -0.489. The molecular weight excluding hydrogens is 292 g/mol. The van der Waals surface area contributed by atoms with Crippen LogP contribution in [0.25, 0.3) is 0 Å². The van der Waals surface area contributed by atoms with Gasteiger partial charge in [-0.25, -0.2) is 4.79 Å². The highest BCUT2D eigenvalue weighted by Crippen LogP contribution is 2.29. The molecule has 1 aliphatic rings. The van der Waals surface area contributed by atoms with Gasteiger partial charge < -0.3 is 19.3 Å². The van der Waals surface area contributed by atoms with Crippen LogP contribution in [0.3, 0.4) is 0 Å². The Bertz CT molecular complexity index is 564. The van der Waals surface area contributed by atoms with Crippen molar-refractivity contribution in [3.63, 3.8) is 0 Å². The molecule has 128 valence electrons. The molecule has 1 aliphatic heterocycles. The van der Waals surface area contributed by atoms with Crippen molar-refractivity contribution in [3.05, 3.63) is 23.8 Å². The molecule has 0 saturated carbocycles. The van der Waals surface area contributed by atoms with Gasteiger partial charge in [0.05, 0.1) is 13.1 Å². The summed E-state index contributed by atoms with van der Waals surface area (Å²) in [5.41, 5.74) is 1.63. The molecule has 0 atom stereocenters. The summed E-state index contributed by atoms with van der Waals surface area (Å²) >= 11 is 0. The minimum Gasteiger partial charge on any atom is -0.491 e. The predicted molar refractivity (Wildman–Crippen MR) is 92.1 cm³/mol. The van der Waals surface area contributed by atoms with Crippen molar-refractivity contribution in [3.8, 4) is 5.75 Å². The standard InChI is InChI=1S/C18H28N2O3/c1-13(2)19(6)15-8-7-14-12-20(9-10-22-16(14)11-15)17(21)23-18(3,4)5/h7-8,11,13H,9-10,12H2,1-6H3. The summed E-state index contributed by atoms with van der Waals surface area (Å²) in [7, 11) is 2.07. The number of carbonyl (C=O) groups excluding carboxylic acids is 1. The van der Waals surface area contributed by atoms with E-state index in [1.165, 1.54) is 0 Å². The van der Waals surface area contributed by atoms with Gasteiger partial charge in [-0.15, -0.1) is 0 Å². The van der Waals surface area contributed by atoms with Crippen LogP contribution in [0.4, 0.5) is 10.5 Å². The monoisotopic (exact) mass is 320 g/mol. The van der Waals surface area contributed by atoms with Gasteiger partial charge in [-0.05, 0) is 40.7 Å². The Labute approximate surface area is 139 Å². The quantitative estimate of drug-likeness (QED) is 0.834. The smallest absolute Gasteiger partial charge is 0.410 e. The number of anilines is 1. The molecule has 0 aliphatic carbocycles. The molecule has 0 unspecified atom stereocenters. The molecule has 0 N–H and O–H groups in total. The highest BCUT2D eigenvalue weighted by atomic mass is 16.6. The number of ether oxygens (including phenoxy) is 2. The topological polar surface area (TPSA) is 42.0 Å². The maximum atomic E-state index is 12.3. The molecule has 1 amide bonds. The number of carbonyl (C=O) groups is 1. The van der Waals surface area contributed by atoms with E-state index in [1.54, 1.807) is 4.90 Å². The number of nitrogens with zero attached hydrogens (tertiary/aromatic N) is 2. The van der Waals surface area contributed by atoms with Crippen molar-refractivity contribution >= 4 is 11.8 Å². The first kappa shape index (κ1) is 17.4. The third-order valence-corrected chi connectivity index (χ3v) is 3.86. The van der Waals surface area contributed by atoms with Crippen LogP contribution in [0.15, 0.2) is 18.2 Å². The Balaban J connectivity index is 2.17. The van der Waals surface area contributed by atoms with Crippen molar-refractivity contribution in [2.75, 3.05) is 25.1 Å². The van der Waals surface area contributed by atoms with Gasteiger partial charge in [0.2, 0.25) is 0 Å². The Morgan fingerprint density at radius 1 is 1.35 bits per heavy atom. The SMILES string of the molecule is CC(C)N(C)c1ccc2c(c1)OCCN(C(=O)OC(C)(C)C)C2. The van der Waals surface area contributed by atoms with Crippen molar-refractivity contribution in [1.29, 1.82) is 0 Å². The van der Waals surface area contributed by atoms with E-state index in [1.807, 2.05) is 32.9 Å². The number of rotatable bonds is 2. The van der Waals surface area contributed by atoms with Crippen molar-refractivity contribution in [2.24, 2.45) is 0 Å². The average Bonchev–Trinajstić information content (AvgIpc) is 2.65. The summed E-state index contributed by atoms with van der Waals surface area (Å²) in [5.74, 6) is 0.848. The van der Waals surface area contributed by atoms with Gasteiger partial charge >= 0.3 is 6.09 Å². The van der Waals surface area contributed by atoms with E-state index in [2.05, 4.69) is 31.9 Å². The lowest BCUT2D eigenvalue weighted by molar-refractivity contribution is 0.0225. The Morgan fingerprint density at radius 2 is 2.04 bits per heavy atom. The molecule has 0 saturated heterocycles. The molecule has 23 heavy (non-hydrogen) atoms. The van der Waals surface area contributed by atoms with Gasteiger partial charge in [-0.3, -0.25) is 0 Å². The molecule has 0 spiro atoms. The highest BCUT2D eigenvalue weighted by molar-refractivity contribution is 5.68. The van der Waals surface area contributed by atoms with E-state index in [9.17, 15) is 4.79 Å². The Morgan fingerprint density at radius 3 is 2.65 bits per heavy atom. The van der Waals surface area contributed by atoms with Crippen LogP contribution in [-0.2, 0) is 11.3 Å². The number of amides is 1. The molecule has 0 bridgehead atoms. The van der Waals surface area contributed by atoms with E-state index in [0.29, 0.717) is 25.7 Å². The molecule has 0 fully saturated rings. The van der Waals surface area contributed by atoms with Crippen LogP contribution in [-0.4, -0.2) is 42.8 Å². The van der Waals surface area contributed by atoms with Crippen LogP contribution in [0.1, 0.15) is 40.2 Å². The second-order valence-corrected chi connectivity index (χ2v) is 7.25. The minimum absolute atomic E-state index is 0.294. The van der Waals surface area contributed by atoms with Crippen LogP contribution < -0.4 is 9.64 Å². The molecular formula is C18H28N2O3. The van der Waals surface area contributed by atoms with Crippen LogP contribution >= 0.6 is 0 Å². The lowest BCUT2D eigenvalue weighted by Gasteiger charge is -2.26. The third-order valence-electron chi connectivity index (χ3n) is 3.86. The summed E-state index contributed by atoms with van der Waals surface area (Å²) in [6.45, 7) is 11.4. The Kier molecular flexibility index (Phi) is 5.07. The van der Waals surface area contributed by atoms with Gasteiger partial charge in [0.25, 0.3) is 0 Å². The van der Waals surface area contributed by atoms with Gasteiger partial charge in [0.15, 0.2) is 0 Å². The van der Waals surface area contributed by atoms with Gasteiger partial charge in [0.1, 0.15) is 18.0 Å². The molecule has 1 aromatic rings. The van der Waals surface area contributed by atoms with Crippen LogP contribution in [0.2, 0.25) is 0 Å². The molecule has 1 aromatic carbocycles. The zero-order chi connectivity index (χ0) is 17.2. The fraction of sp³-hybridized carbons (Fsp3) is 0.611. The first-order valence-electron chi connectivity index (χ1n) is 8.14. The van der Waals surface area contributed by atoms with Crippen LogP contribution in [0, 0.1) is 0 Å². The number of hydrogen-bond acceptors (Lipinski definition) is 4. The molecule has 5 nitrogen and oxygen atoms in total. The lowest BCUT2D eigenvalue weighted by atomic mass is 10.1. The number of hydrogen-bond donors (Lipinski definition) is 0. The van der Waals surface area contributed by atoms with Crippen molar-refractivity contribution in [2.45, 2.75) is 52.8 Å². The summed E-state index contributed by atoms with van der Waals surface area (Å²) < 4.78 is 11.3. The normalized spacial score (nSPS) is 14.8. The summed E-state index contributed by atoms with van der Waals surface area (Å²) in [6, 6.07) is 6.57. The van der Waals surface area contributed by atoms with E-state index >= 15 is 0 Å². The van der Waals surface area contributed by atoms with E-state index in [4.69, 9.17) is 9.47 Å². The maximum Gasteiger partial charge on any atom is 0.410 e. The highest BCUT2D eigenvalue weighted by Gasteiger charge is 2.25. The number of benzene rings is 1. The maximum absolute atomic E-state index is 12.3. The van der Waals surface area contributed by atoms with Crippen molar-refractivity contribution in [1.82, 2.24) is 4.90 Å². The van der Waals surface area contributed by atoms with E-state index < -0.39 is 5.60 Å². The van der Waals surface area contributed by atoms with E-state index in [-0.39, 0.29) is 6.09 Å². The second kappa shape index (κ2) is 6.69. The fourth-order valence-electron chi connectivity index (χ4n) is 2.36. The van der Waals surface area contributed by atoms with Gasteiger partial charge in [-0.1, -0.05) is 6.07 Å². The lowest BCUT2D eigenvalue weighted by Crippen LogP contribution is -2.37. The molecule has 1 heterocycles. The summed E-state index contributed by atoms with van der Waals surface area (Å²) in [5, 5.41) is 0. The van der Waals surface area contributed by atoms with Crippen molar-refractivity contribution < 1.29 is 14.3 Å². The van der Waals surface area contributed by atoms with Crippen LogP contribution in [0.5, 0.6) is 5.75 Å². The molecule has 0 aromatic heterocycles. The average molecular weight is 320 g/mol. The van der Waals surface area contributed by atoms with E-state index in [0.717, 1.165) is 17.0 Å². The Hall–Kier alpha value is -1.91. The summed E-state index contributed by atoms with van der Waals surface area (Å²) in [6.07, 6.45) is -0.294. The molecule has 5 heteroatoms. The third kappa shape index (κ3) is 4.53. The zero-order valence-corrected chi connectivity index (χ0v) is 15.0. The largest absolute Gasteiger partial charge is 0.491 e. The second-order valence-electron chi connectivity index (χ2n) is 7.25. The molecule has 0 radical (unpaired) electrons.